The van der Waals surface area contributed by atoms with Gasteiger partial charge in [-0.2, -0.15) is 0 Å². The van der Waals surface area contributed by atoms with E-state index in [9.17, 15) is 9.59 Å². The molecule has 0 N–H and O–H groups in total. The number of aryl methyl sites for hydroxylation is 1. The van der Waals surface area contributed by atoms with Crippen LogP contribution in [-0.4, -0.2) is 27.1 Å². The number of ether oxygens (including phenoxy) is 1. The molecule has 27 heavy (non-hydrogen) atoms. The molecule has 0 aliphatic heterocycles. The van der Waals surface area contributed by atoms with Crippen molar-refractivity contribution in [2.75, 3.05) is 6.61 Å². The van der Waals surface area contributed by atoms with Gasteiger partial charge in [0.1, 0.15) is 6.54 Å². The molecule has 0 bridgehead atoms. The smallest absolute Gasteiger partial charge is 0.326 e. The summed E-state index contributed by atoms with van der Waals surface area (Å²) in [5.41, 5.74) is 1.97. The molecule has 0 amide bonds. The second-order valence-electron chi connectivity index (χ2n) is 6.07. The Kier molecular flexibility index (Phi) is 4.93. The molecular formula is C20H17N3O3S. The van der Waals surface area contributed by atoms with Gasteiger partial charge in [0.25, 0.3) is 5.56 Å². The van der Waals surface area contributed by atoms with E-state index in [1.54, 1.807) is 23.5 Å². The monoisotopic (exact) mass is 379 g/mol. The van der Waals surface area contributed by atoms with Gasteiger partial charge in [0.05, 0.1) is 39.1 Å². The minimum Gasteiger partial charge on any atom is -0.464 e. The zero-order valence-electron chi connectivity index (χ0n) is 14.5. The number of hydrogen-bond acceptors (Lipinski definition) is 6. The van der Waals surface area contributed by atoms with E-state index in [2.05, 4.69) is 9.97 Å². The van der Waals surface area contributed by atoms with Crippen molar-refractivity contribution < 1.29 is 9.53 Å². The second kappa shape index (κ2) is 7.67. The Labute approximate surface area is 159 Å². The summed E-state index contributed by atoms with van der Waals surface area (Å²) in [6, 6.07) is 15.2. The molecule has 2 heterocycles. The number of nitrogens with zero attached hydrogens (tertiary/aromatic N) is 3. The Hall–Kier alpha value is -3.06. The van der Waals surface area contributed by atoms with Gasteiger partial charge in [-0.15, -0.1) is 11.3 Å². The zero-order chi connectivity index (χ0) is 18.6. The van der Waals surface area contributed by atoms with Crippen LogP contribution >= 0.6 is 11.3 Å². The summed E-state index contributed by atoms with van der Waals surface area (Å²) in [6.45, 7) is 0.176. The molecule has 0 fully saturated rings. The lowest BCUT2D eigenvalue weighted by Gasteiger charge is -2.09. The summed E-state index contributed by atoms with van der Waals surface area (Å²) in [5.74, 6) is -0.433. The van der Waals surface area contributed by atoms with Gasteiger partial charge < -0.3 is 4.74 Å². The molecule has 6 nitrogen and oxygen atoms in total. The fourth-order valence-corrected chi connectivity index (χ4v) is 3.90. The average Bonchev–Trinajstić information content (AvgIpc) is 3.10. The Morgan fingerprint density at radius 1 is 1.07 bits per heavy atom. The minimum absolute atomic E-state index is 0.122. The number of carbonyl (C=O) groups is 1. The minimum atomic E-state index is -0.433. The molecule has 136 valence electrons. The number of carbonyl (C=O) groups excluding carboxylic acids is 1. The summed E-state index contributed by atoms with van der Waals surface area (Å²) in [4.78, 5) is 32.9. The molecule has 0 unspecified atom stereocenters. The number of esters is 1. The molecule has 0 spiro atoms. The third-order valence-electron chi connectivity index (χ3n) is 4.18. The van der Waals surface area contributed by atoms with Gasteiger partial charge in [-0.25, -0.2) is 9.97 Å². The van der Waals surface area contributed by atoms with Crippen LogP contribution in [0.3, 0.4) is 0 Å². The van der Waals surface area contributed by atoms with Crippen molar-refractivity contribution >= 4 is 38.6 Å². The number of fused-ring (bicyclic) bond motifs is 2. The van der Waals surface area contributed by atoms with Gasteiger partial charge in [-0.05, 0) is 30.7 Å². The highest BCUT2D eigenvalue weighted by Gasteiger charge is 2.10. The van der Waals surface area contributed by atoms with E-state index in [0.717, 1.165) is 21.6 Å². The van der Waals surface area contributed by atoms with Crippen molar-refractivity contribution in [3.63, 3.8) is 0 Å². The largest absolute Gasteiger partial charge is 0.464 e. The molecular weight excluding hydrogens is 362 g/mol. The van der Waals surface area contributed by atoms with Crippen molar-refractivity contribution in [1.29, 1.82) is 0 Å². The highest BCUT2D eigenvalue weighted by molar-refractivity contribution is 7.18. The molecule has 2 aromatic heterocycles. The topological polar surface area (TPSA) is 74.1 Å². The summed E-state index contributed by atoms with van der Waals surface area (Å²) in [6.07, 6.45) is 2.67. The molecule has 0 saturated heterocycles. The van der Waals surface area contributed by atoms with Crippen LogP contribution in [0.25, 0.3) is 21.3 Å². The van der Waals surface area contributed by atoms with Crippen LogP contribution in [0.4, 0.5) is 0 Å². The number of benzene rings is 2. The van der Waals surface area contributed by atoms with E-state index in [4.69, 9.17) is 4.74 Å². The first-order valence-electron chi connectivity index (χ1n) is 8.65. The summed E-state index contributed by atoms with van der Waals surface area (Å²) in [7, 11) is 0. The first-order valence-corrected chi connectivity index (χ1v) is 9.47. The molecule has 2 aromatic carbocycles. The maximum Gasteiger partial charge on any atom is 0.326 e. The summed E-state index contributed by atoms with van der Waals surface area (Å²) in [5, 5.41) is 1.03. The van der Waals surface area contributed by atoms with Crippen LogP contribution in [-0.2, 0) is 22.5 Å². The lowest BCUT2D eigenvalue weighted by Crippen LogP contribution is -2.26. The van der Waals surface area contributed by atoms with Gasteiger partial charge >= 0.3 is 5.97 Å². The van der Waals surface area contributed by atoms with Crippen molar-refractivity contribution in [1.82, 2.24) is 14.5 Å². The SMILES string of the molecule is O=C(Cn1c(=O)cnc2ccccc21)OCCCc1nc2ccccc2s1. The van der Waals surface area contributed by atoms with E-state index in [1.165, 1.54) is 10.8 Å². The number of rotatable bonds is 6. The van der Waals surface area contributed by atoms with Gasteiger partial charge in [-0.3, -0.25) is 14.2 Å². The molecule has 0 aliphatic rings. The Bertz CT molecular complexity index is 1130. The van der Waals surface area contributed by atoms with Gasteiger partial charge in [0.15, 0.2) is 0 Å². The number of aromatic nitrogens is 3. The quantitative estimate of drug-likeness (QED) is 0.380. The molecule has 7 heteroatoms. The first kappa shape index (κ1) is 17.4. The van der Waals surface area contributed by atoms with Crippen LogP contribution in [0, 0.1) is 0 Å². The van der Waals surface area contributed by atoms with Crippen LogP contribution in [0.1, 0.15) is 11.4 Å². The predicted molar refractivity (Wildman–Crippen MR) is 105 cm³/mol. The molecule has 4 aromatic rings. The van der Waals surface area contributed by atoms with Crippen LogP contribution in [0.5, 0.6) is 0 Å². The zero-order valence-corrected chi connectivity index (χ0v) is 15.3. The van der Waals surface area contributed by atoms with Crippen LogP contribution in [0.2, 0.25) is 0 Å². The third kappa shape index (κ3) is 3.88. The summed E-state index contributed by atoms with van der Waals surface area (Å²) >= 11 is 1.66. The Morgan fingerprint density at radius 2 is 1.85 bits per heavy atom. The van der Waals surface area contributed by atoms with E-state index in [-0.39, 0.29) is 12.1 Å². The van der Waals surface area contributed by atoms with E-state index in [0.29, 0.717) is 24.1 Å². The van der Waals surface area contributed by atoms with Gasteiger partial charge in [0, 0.05) is 6.42 Å². The van der Waals surface area contributed by atoms with Crippen LogP contribution in [0.15, 0.2) is 59.5 Å². The van der Waals surface area contributed by atoms with E-state index in [1.807, 2.05) is 36.4 Å². The first-order chi connectivity index (χ1) is 13.2. The summed E-state index contributed by atoms with van der Waals surface area (Å²) < 4.78 is 7.85. The Morgan fingerprint density at radius 3 is 2.70 bits per heavy atom. The van der Waals surface area contributed by atoms with Crippen molar-refractivity contribution in [2.24, 2.45) is 0 Å². The fourth-order valence-electron chi connectivity index (χ4n) is 2.89. The molecule has 4 rings (SSSR count). The number of para-hydroxylation sites is 3. The van der Waals surface area contributed by atoms with Crippen molar-refractivity contribution in [2.45, 2.75) is 19.4 Å². The number of thiazole rings is 1. The standard InChI is InChI=1S/C20H17N3O3S/c24-19-12-21-14-6-1-3-8-16(14)23(19)13-20(25)26-11-5-10-18-22-15-7-2-4-9-17(15)27-18/h1-4,6-9,12H,5,10-11,13H2. The molecule has 0 aliphatic carbocycles. The highest BCUT2D eigenvalue weighted by atomic mass is 32.1. The number of hydrogen-bond donors (Lipinski definition) is 0. The lowest BCUT2D eigenvalue weighted by molar-refractivity contribution is -0.144. The van der Waals surface area contributed by atoms with E-state index < -0.39 is 5.97 Å². The molecule has 0 saturated carbocycles. The normalized spacial score (nSPS) is 11.1. The molecule has 0 radical (unpaired) electrons. The van der Waals surface area contributed by atoms with Crippen molar-refractivity contribution in [3.8, 4) is 0 Å². The average molecular weight is 379 g/mol. The maximum atomic E-state index is 12.1. The maximum absolute atomic E-state index is 12.1. The van der Waals surface area contributed by atoms with Gasteiger partial charge in [0.2, 0.25) is 0 Å². The fraction of sp³-hybridized carbons (Fsp3) is 0.200. The molecule has 0 atom stereocenters. The third-order valence-corrected chi connectivity index (χ3v) is 5.27. The van der Waals surface area contributed by atoms with E-state index >= 15 is 0 Å². The highest BCUT2D eigenvalue weighted by Crippen LogP contribution is 2.22. The lowest BCUT2D eigenvalue weighted by atomic mass is 10.3. The van der Waals surface area contributed by atoms with Crippen molar-refractivity contribution in [3.05, 3.63) is 70.1 Å². The second-order valence-corrected chi connectivity index (χ2v) is 7.19. The Balaban J connectivity index is 1.34. The predicted octanol–water partition coefficient (Wildman–Crippen LogP) is 3.18. The van der Waals surface area contributed by atoms with Gasteiger partial charge in [-0.1, -0.05) is 24.3 Å². The van der Waals surface area contributed by atoms with Crippen LogP contribution < -0.4 is 5.56 Å².